The summed E-state index contributed by atoms with van der Waals surface area (Å²) in [6, 6.07) is 0.643. The average molecular weight is 242 g/mol. The van der Waals surface area contributed by atoms with Crippen LogP contribution in [0.3, 0.4) is 0 Å². The third-order valence-electron chi connectivity index (χ3n) is 3.11. The van der Waals surface area contributed by atoms with Gasteiger partial charge in [-0.05, 0) is 33.6 Å². The molecule has 0 aromatic heterocycles. The highest BCUT2D eigenvalue weighted by Gasteiger charge is 2.34. The number of piperazine rings is 1. The van der Waals surface area contributed by atoms with E-state index in [0.717, 1.165) is 25.9 Å². The van der Waals surface area contributed by atoms with E-state index in [1.165, 1.54) is 0 Å². The second kappa shape index (κ2) is 5.71. The monoisotopic (exact) mass is 242 g/mol. The fourth-order valence-electron chi connectivity index (χ4n) is 2.36. The molecule has 100 valence electrons. The lowest BCUT2D eigenvalue weighted by molar-refractivity contribution is 0.00488. The number of hydrogen-bond donors (Lipinski definition) is 1. The maximum atomic E-state index is 12.1. The van der Waals surface area contributed by atoms with Gasteiger partial charge in [0.2, 0.25) is 0 Å². The van der Waals surface area contributed by atoms with Gasteiger partial charge in [0.05, 0.1) is 6.04 Å². The Morgan fingerprint density at radius 2 is 2.00 bits per heavy atom. The fourth-order valence-corrected chi connectivity index (χ4v) is 2.36. The number of amides is 1. The third kappa shape index (κ3) is 3.87. The topological polar surface area (TPSA) is 41.6 Å². The van der Waals surface area contributed by atoms with Crippen molar-refractivity contribution in [2.24, 2.45) is 0 Å². The molecule has 1 saturated heterocycles. The normalized spacial score (nSPS) is 25.8. The van der Waals surface area contributed by atoms with Crippen LogP contribution in [0.2, 0.25) is 0 Å². The zero-order chi connectivity index (χ0) is 13.1. The molecule has 0 saturated carbocycles. The van der Waals surface area contributed by atoms with Crippen molar-refractivity contribution in [2.45, 2.75) is 65.1 Å². The SMILES string of the molecule is CC[C@@H]1NCCN(C(=O)OC(C)(C)C)[C@H]1CC. The number of hydrogen-bond acceptors (Lipinski definition) is 3. The minimum atomic E-state index is -0.415. The Morgan fingerprint density at radius 3 is 2.47 bits per heavy atom. The second-order valence-electron chi connectivity index (χ2n) is 5.62. The quantitative estimate of drug-likeness (QED) is 0.808. The lowest BCUT2D eigenvalue weighted by atomic mass is 9.99. The summed E-state index contributed by atoms with van der Waals surface area (Å²) >= 11 is 0. The average Bonchev–Trinajstić information content (AvgIpc) is 2.25. The van der Waals surface area contributed by atoms with Crippen molar-refractivity contribution in [1.29, 1.82) is 0 Å². The summed E-state index contributed by atoms with van der Waals surface area (Å²) in [7, 11) is 0. The number of nitrogens with zero attached hydrogens (tertiary/aromatic N) is 1. The fraction of sp³-hybridized carbons (Fsp3) is 0.923. The molecule has 2 atom stereocenters. The maximum absolute atomic E-state index is 12.1. The Hall–Kier alpha value is -0.770. The van der Waals surface area contributed by atoms with Crippen molar-refractivity contribution in [3.8, 4) is 0 Å². The van der Waals surface area contributed by atoms with E-state index in [4.69, 9.17) is 4.74 Å². The molecule has 0 aromatic rings. The molecule has 0 bridgehead atoms. The van der Waals surface area contributed by atoms with Gasteiger partial charge in [-0.1, -0.05) is 13.8 Å². The van der Waals surface area contributed by atoms with Gasteiger partial charge in [-0.3, -0.25) is 0 Å². The van der Waals surface area contributed by atoms with E-state index in [0.29, 0.717) is 6.04 Å². The highest BCUT2D eigenvalue weighted by atomic mass is 16.6. The van der Waals surface area contributed by atoms with Crippen LogP contribution in [0.5, 0.6) is 0 Å². The van der Waals surface area contributed by atoms with Crippen LogP contribution >= 0.6 is 0 Å². The Morgan fingerprint density at radius 1 is 1.35 bits per heavy atom. The first-order valence-corrected chi connectivity index (χ1v) is 6.62. The van der Waals surface area contributed by atoms with Crippen molar-refractivity contribution in [3.63, 3.8) is 0 Å². The molecule has 17 heavy (non-hydrogen) atoms. The van der Waals surface area contributed by atoms with Crippen LogP contribution in [0.25, 0.3) is 0 Å². The van der Waals surface area contributed by atoms with Crippen molar-refractivity contribution in [1.82, 2.24) is 10.2 Å². The van der Waals surface area contributed by atoms with Gasteiger partial charge in [-0.15, -0.1) is 0 Å². The molecular weight excluding hydrogens is 216 g/mol. The Bertz CT molecular complexity index is 261. The van der Waals surface area contributed by atoms with Crippen molar-refractivity contribution in [2.75, 3.05) is 13.1 Å². The van der Waals surface area contributed by atoms with E-state index in [1.54, 1.807) is 0 Å². The molecule has 1 aliphatic heterocycles. The Kier molecular flexibility index (Phi) is 4.80. The summed E-state index contributed by atoms with van der Waals surface area (Å²) in [6.45, 7) is 11.6. The minimum Gasteiger partial charge on any atom is -0.444 e. The maximum Gasteiger partial charge on any atom is 0.410 e. The van der Waals surface area contributed by atoms with Crippen molar-refractivity contribution in [3.05, 3.63) is 0 Å². The van der Waals surface area contributed by atoms with Crippen LogP contribution < -0.4 is 5.32 Å². The Balaban J connectivity index is 2.70. The zero-order valence-electron chi connectivity index (χ0n) is 11.7. The predicted molar refractivity (Wildman–Crippen MR) is 69.1 cm³/mol. The summed E-state index contributed by atoms with van der Waals surface area (Å²) in [4.78, 5) is 14.0. The summed E-state index contributed by atoms with van der Waals surface area (Å²) in [5, 5.41) is 3.47. The molecule has 1 heterocycles. The van der Waals surface area contributed by atoms with Gasteiger partial charge in [-0.25, -0.2) is 4.79 Å². The van der Waals surface area contributed by atoms with Gasteiger partial charge in [0.25, 0.3) is 0 Å². The molecule has 4 heteroatoms. The highest BCUT2D eigenvalue weighted by molar-refractivity contribution is 5.68. The molecule has 1 aliphatic rings. The lowest BCUT2D eigenvalue weighted by Crippen LogP contribution is -2.59. The first kappa shape index (κ1) is 14.3. The van der Waals surface area contributed by atoms with Crippen LogP contribution in [0, 0.1) is 0 Å². The number of carbonyl (C=O) groups is 1. The third-order valence-corrected chi connectivity index (χ3v) is 3.11. The molecule has 4 nitrogen and oxygen atoms in total. The standard InChI is InChI=1S/C13H26N2O2/c1-6-10-11(7-2)15(9-8-14-10)12(16)17-13(3,4)5/h10-11,14H,6-9H2,1-5H3/t10-,11-/m0/s1. The summed E-state index contributed by atoms with van der Waals surface area (Å²) < 4.78 is 5.46. The van der Waals surface area contributed by atoms with Gasteiger partial charge < -0.3 is 15.0 Å². The van der Waals surface area contributed by atoms with Gasteiger partial charge >= 0.3 is 6.09 Å². The zero-order valence-corrected chi connectivity index (χ0v) is 11.7. The van der Waals surface area contributed by atoms with E-state index >= 15 is 0 Å². The van der Waals surface area contributed by atoms with E-state index in [2.05, 4.69) is 19.2 Å². The molecule has 0 unspecified atom stereocenters. The van der Waals surface area contributed by atoms with Gasteiger partial charge in [0, 0.05) is 19.1 Å². The molecule has 1 fully saturated rings. The summed E-state index contributed by atoms with van der Waals surface area (Å²) in [5.41, 5.74) is -0.415. The molecule has 0 radical (unpaired) electrons. The first-order valence-electron chi connectivity index (χ1n) is 6.62. The lowest BCUT2D eigenvalue weighted by Gasteiger charge is -2.41. The molecule has 1 N–H and O–H groups in total. The van der Waals surface area contributed by atoms with E-state index in [-0.39, 0.29) is 12.1 Å². The second-order valence-corrected chi connectivity index (χ2v) is 5.62. The number of nitrogens with one attached hydrogen (secondary N) is 1. The first-order chi connectivity index (χ1) is 7.89. The van der Waals surface area contributed by atoms with Crippen molar-refractivity contribution < 1.29 is 9.53 Å². The molecule has 0 aliphatic carbocycles. The highest BCUT2D eigenvalue weighted by Crippen LogP contribution is 2.19. The van der Waals surface area contributed by atoms with Crippen LogP contribution in [-0.4, -0.2) is 41.8 Å². The van der Waals surface area contributed by atoms with Gasteiger partial charge in [0.1, 0.15) is 5.60 Å². The van der Waals surface area contributed by atoms with Gasteiger partial charge in [-0.2, -0.15) is 0 Å². The molecule has 1 amide bonds. The van der Waals surface area contributed by atoms with E-state index < -0.39 is 5.60 Å². The van der Waals surface area contributed by atoms with Crippen LogP contribution in [0.4, 0.5) is 4.79 Å². The van der Waals surface area contributed by atoms with E-state index in [9.17, 15) is 4.79 Å². The number of carbonyl (C=O) groups excluding carboxylic acids is 1. The number of ether oxygens (including phenoxy) is 1. The van der Waals surface area contributed by atoms with Crippen molar-refractivity contribution >= 4 is 6.09 Å². The van der Waals surface area contributed by atoms with Crippen LogP contribution in [0.15, 0.2) is 0 Å². The molecule has 0 spiro atoms. The smallest absolute Gasteiger partial charge is 0.410 e. The largest absolute Gasteiger partial charge is 0.444 e. The molecule has 0 aromatic carbocycles. The van der Waals surface area contributed by atoms with Crippen LogP contribution in [-0.2, 0) is 4.74 Å². The predicted octanol–water partition coefficient (Wildman–Crippen LogP) is 2.38. The Labute approximate surface area is 105 Å². The van der Waals surface area contributed by atoms with Crippen LogP contribution in [0.1, 0.15) is 47.5 Å². The van der Waals surface area contributed by atoms with Gasteiger partial charge in [0.15, 0.2) is 0 Å². The summed E-state index contributed by atoms with van der Waals surface area (Å²) in [5.74, 6) is 0. The number of rotatable bonds is 2. The molecular formula is C13H26N2O2. The minimum absolute atomic E-state index is 0.177. The summed E-state index contributed by atoms with van der Waals surface area (Å²) in [6.07, 6.45) is 1.83. The van der Waals surface area contributed by atoms with E-state index in [1.807, 2.05) is 25.7 Å². The molecule has 1 rings (SSSR count).